The van der Waals surface area contributed by atoms with Crippen molar-refractivity contribution < 1.29 is 0 Å². The van der Waals surface area contributed by atoms with E-state index in [4.69, 9.17) is 0 Å². The highest BCUT2D eigenvalue weighted by atomic mass is 14.4. The molecule has 0 unspecified atom stereocenters. The summed E-state index contributed by atoms with van der Waals surface area (Å²) in [6, 6.07) is 4.80. The summed E-state index contributed by atoms with van der Waals surface area (Å²) in [7, 11) is 0. The summed E-state index contributed by atoms with van der Waals surface area (Å²) in [5.74, 6) is 0. The Hall–Kier alpha value is -0.780. The first-order valence-electron chi connectivity index (χ1n) is 7.28. The molecule has 0 amide bonds. The average molecular weight is 228 g/mol. The first-order valence-corrected chi connectivity index (χ1v) is 7.28. The summed E-state index contributed by atoms with van der Waals surface area (Å²) in [5, 5.41) is 0. The molecule has 1 aromatic rings. The number of aryl methyl sites for hydroxylation is 3. The third kappa shape index (κ3) is 2.03. The average Bonchev–Trinajstić information content (AvgIpc) is 2.32. The van der Waals surface area contributed by atoms with E-state index in [0.29, 0.717) is 5.41 Å². The van der Waals surface area contributed by atoms with Gasteiger partial charge in [-0.2, -0.15) is 0 Å². The van der Waals surface area contributed by atoms with E-state index in [1.54, 1.807) is 16.7 Å². The summed E-state index contributed by atoms with van der Waals surface area (Å²) >= 11 is 0. The first kappa shape index (κ1) is 11.3. The van der Waals surface area contributed by atoms with Crippen molar-refractivity contribution >= 4 is 0 Å². The Balaban J connectivity index is 1.94. The van der Waals surface area contributed by atoms with Crippen LogP contribution in [0.25, 0.3) is 0 Å². The van der Waals surface area contributed by atoms with Crippen molar-refractivity contribution in [1.29, 1.82) is 0 Å². The largest absolute Gasteiger partial charge is 0.0561 e. The second-order valence-electron chi connectivity index (χ2n) is 6.46. The van der Waals surface area contributed by atoms with E-state index in [-0.39, 0.29) is 0 Å². The Morgan fingerprint density at radius 3 is 2.47 bits per heavy atom. The number of benzene rings is 1. The van der Waals surface area contributed by atoms with Crippen molar-refractivity contribution in [2.45, 2.75) is 65.2 Å². The Bertz CT molecular complexity index is 422. The van der Waals surface area contributed by atoms with Gasteiger partial charge in [0.15, 0.2) is 0 Å². The smallest absolute Gasteiger partial charge is 0.0216 e. The third-order valence-electron chi connectivity index (χ3n) is 5.10. The molecule has 1 spiro atoms. The van der Waals surface area contributed by atoms with Crippen LogP contribution in [0.15, 0.2) is 12.1 Å². The highest BCUT2D eigenvalue weighted by Crippen LogP contribution is 2.46. The maximum absolute atomic E-state index is 2.43. The molecule has 1 aromatic carbocycles. The molecule has 1 fully saturated rings. The molecule has 0 heterocycles. The van der Waals surface area contributed by atoms with Crippen molar-refractivity contribution in [2.24, 2.45) is 5.41 Å². The Labute approximate surface area is 105 Å². The van der Waals surface area contributed by atoms with Gasteiger partial charge in [-0.3, -0.25) is 0 Å². The van der Waals surface area contributed by atoms with E-state index in [2.05, 4.69) is 26.0 Å². The third-order valence-corrected chi connectivity index (χ3v) is 5.10. The number of rotatable bonds is 0. The Morgan fingerprint density at radius 1 is 0.941 bits per heavy atom. The van der Waals surface area contributed by atoms with E-state index >= 15 is 0 Å². The lowest BCUT2D eigenvalue weighted by molar-refractivity contribution is 0.162. The van der Waals surface area contributed by atoms with Crippen LogP contribution in [-0.4, -0.2) is 0 Å². The van der Waals surface area contributed by atoms with Gasteiger partial charge in [-0.15, -0.1) is 0 Å². The molecule has 2 aliphatic rings. The Kier molecular flexibility index (Phi) is 2.77. The molecule has 3 rings (SSSR count). The molecule has 0 N–H and O–H groups in total. The van der Waals surface area contributed by atoms with Gasteiger partial charge >= 0.3 is 0 Å². The fraction of sp³-hybridized carbons (Fsp3) is 0.647. The first-order chi connectivity index (χ1) is 8.19. The minimum atomic E-state index is 0.686. The summed E-state index contributed by atoms with van der Waals surface area (Å²) in [5.41, 5.74) is 7.03. The normalized spacial score (nSPS) is 22.5. The van der Waals surface area contributed by atoms with Gasteiger partial charge in [0.25, 0.3) is 0 Å². The van der Waals surface area contributed by atoms with E-state index in [9.17, 15) is 0 Å². The van der Waals surface area contributed by atoms with Crippen LogP contribution in [-0.2, 0) is 12.8 Å². The monoisotopic (exact) mass is 228 g/mol. The van der Waals surface area contributed by atoms with Gasteiger partial charge in [0.1, 0.15) is 0 Å². The van der Waals surface area contributed by atoms with Crippen molar-refractivity contribution in [3.8, 4) is 0 Å². The fourth-order valence-electron chi connectivity index (χ4n) is 4.15. The van der Waals surface area contributed by atoms with Gasteiger partial charge in [0.05, 0.1) is 0 Å². The molecule has 1 saturated carbocycles. The minimum absolute atomic E-state index is 0.686. The van der Waals surface area contributed by atoms with Gasteiger partial charge in [0, 0.05) is 0 Å². The van der Waals surface area contributed by atoms with Crippen molar-refractivity contribution in [1.82, 2.24) is 0 Å². The van der Waals surface area contributed by atoms with E-state index in [1.165, 1.54) is 56.9 Å². The van der Waals surface area contributed by atoms with Gasteiger partial charge in [-0.25, -0.2) is 0 Å². The van der Waals surface area contributed by atoms with Gasteiger partial charge in [0.2, 0.25) is 0 Å². The summed E-state index contributed by atoms with van der Waals surface area (Å²) in [6.07, 6.45) is 11.5. The highest BCUT2D eigenvalue weighted by molar-refractivity contribution is 5.40. The molecule has 0 aliphatic heterocycles. The molecule has 92 valence electrons. The molecule has 0 saturated heterocycles. The second-order valence-corrected chi connectivity index (χ2v) is 6.46. The van der Waals surface area contributed by atoms with Gasteiger partial charge in [-0.1, -0.05) is 37.0 Å². The zero-order chi connectivity index (χ0) is 11.9. The van der Waals surface area contributed by atoms with Gasteiger partial charge in [-0.05, 0) is 68.1 Å². The van der Waals surface area contributed by atoms with Crippen LogP contribution in [0.4, 0.5) is 0 Å². The van der Waals surface area contributed by atoms with Crippen LogP contribution in [0.5, 0.6) is 0 Å². The molecule has 0 bridgehead atoms. The minimum Gasteiger partial charge on any atom is -0.0561 e. The van der Waals surface area contributed by atoms with E-state index in [0.717, 1.165) is 0 Å². The molecule has 2 aliphatic carbocycles. The maximum Gasteiger partial charge on any atom is -0.0216 e. The van der Waals surface area contributed by atoms with Crippen LogP contribution >= 0.6 is 0 Å². The second kappa shape index (κ2) is 4.15. The predicted octanol–water partition coefficient (Wildman–Crippen LogP) is 4.74. The van der Waals surface area contributed by atoms with Crippen molar-refractivity contribution in [3.63, 3.8) is 0 Å². The zero-order valence-corrected chi connectivity index (χ0v) is 11.3. The van der Waals surface area contributed by atoms with Crippen LogP contribution in [0.2, 0.25) is 0 Å². The molecule has 0 nitrogen and oxygen atoms in total. The summed E-state index contributed by atoms with van der Waals surface area (Å²) < 4.78 is 0. The lowest BCUT2D eigenvalue weighted by atomic mass is 9.63. The molecular weight excluding hydrogens is 204 g/mol. The molecule has 0 atom stereocenters. The lowest BCUT2D eigenvalue weighted by Gasteiger charge is -2.42. The molecule has 0 radical (unpaired) electrons. The summed E-state index contributed by atoms with van der Waals surface area (Å²) in [4.78, 5) is 0. The summed E-state index contributed by atoms with van der Waals surface area (Å²) in [6.45, 7) is 4.55. The lowest BCUT2D eigenvalue weighted by Crippen LogP contribution is -2.31. The number of fused-ring (bicyclic) bond motifs is 1. The predicted molar refractivity (Wildman–Crippen MR) is 73.5 cm³/mol. The topological polar surface area (TPSA) is 0 Å². The zero-order valence-electron chi connectivity index (χ0n) is 11.3. The standard InChI is InChI=1S/C17H24/c1-13-10-14(2)16-12-17(7-4-3-5-8-17)9-6-15(16)11-13/h10-11H,3-9,12H2,1-2H3. The maximum atomic E-state index is 2.43. The molecule has 0 heteroatoms. The fourth-order valence-corrected chi connectivity index (χ4v) is 4.15. The van der Waals surface area contributed by atoms with Gasteiger partial charge < -0.3 is 0 Å². The SMILES string of the molecule is Cc1cc(C)c2c(c1)CCC1(CCCCC1)C2. The Morgan fingerprint density at radius 2 is 1.71 bits per heavy atom. The van der Waals surface area contributed by atoms with Crippen molar-refractivity contribution in [3.05, 3.63) is 34.4 Å². The van der Waals surface area contributed by atoms with E-state index in [1.807, 2.05) is 0 Å². The van der Waals surface area contributed by atoms with E-state index < -0.39 is 0 Å². The number of hydrogen-bond donors (Lipinski definition) is 0. The molecule has 0 aromatic heterocycles. The van der Waals surface area contributed by atoms with Crippen LogP contribution in [0, 0.1) is 19.3 Å². The molecule has 17 heavy (non-hydrogen) atoms. The van der Waals surface area contributed by atoms with Crippen LogP contribution in [0.1, 0.15) is 60.8 Å². The van der Waals surface area contributed by atoms with Crippen molar-refractivity contribution in [2.75, 3.05) is 0 Å². The van der Waals surface area contributed by atoms with Crippen LogP contribution in [0.3, 0.4) is 0 Å². The highest BCUT2D eigenvalue weighted by Gasteiger charge is 2.35. The molecular formula is C17H24. The van der Waals surface area contributed by atoms with Crippen LogP contribution < -0.4 is 0 Å². The number of hydrogen-bond acceptors (Lipinski definition) is 0. The quantitative estimate of drug-likeness (QED) is 0.601.